The lowest BCUT2D eigenvalue weighted by Gasteiger charge is -2.19. The molecule has 0 saturated carbocycles. The molecule has 1 aromatic carbocycles. The van der Waals surface area contributed by atoms with Crippen LogP contribution in [0.25, 0.3) is 0 Å². The van der Waals surface area contributed by atoms with Gasteiger partial charge in [-0.25, -0.2) is 4.79 Å². The van der Waals surface area contributed by atoms with Gasteiger partial charge in [0.2, 0.25) is 0 Å². The zero-order valence-corrected chi connectivity index (χ0v) is 13.9. The SMILES string of the molecule is CCOC(=O)C(O)c1cc2c(cc1Br)OCC(C)(C)CO2. The van der Waals surface area contributed by atoms with E-state index in [1.807, 2.05) is 13.8 Å². The van der Waals surface area contributed by atoms with Gasteiger partial charge in [0.05, 0.1) is 19.8 Å². The topological polar surface area (TPSA) is 65.0 Å². The third-order valence-electron chi connectivity index (χ3n) is 3.10. The molecule has 1 aliphatic rings. The number of carbonyl (C=O) groups excluding carboxylic acids is 1. The van der Waals surface area contributed by atoms with Gasteiger partial charge in [-0.15, -0.1) is 0 Å². The minimum atomic E-state index is -1.36. The van der Waals surface area contributed by atoms with Crippen LogP contribution in [0.15, 0.2) is 16.6 Å². The van der Waals surface area contributed by atoms with E-state index in [4.69, 9.17) is 14.2 Å². The smallest absolute Gasteiger partial charge is 0.339 e. The molecule has 0 aromatic heterocycles. The van der Waals surface area contributed by atoms with Crippen LogP contribution in [-0.2, 0) is 9.53 Å². The molecule has 1 unspecified atom stereocenters. The van der Waals surface area contributed by atoms with E-state index in [1.54, 1.807) is 19.1 Å². The Balaban J connectivity index is 2.31. The summed E-state index contributed by atoms with van der Waals surface area (Å²) in [7, 11) is 0. The summed E-state index contributed by atoms with van der Waals surface area (Å²) in [5.74, 6) is 0.419. The number of carbonyl (C=O) groups is 1. The Hall–Kier alpha value is -1.27. The Bertz CT molecular complexity index is 541. The highest BCUT2D eigenvalue weighted by Crippen LogP contribution is 2.39. The van der Waals surface area contributed by atoms with Gasteiger partial charge in [-0.3, -0.25) is 0 Å². The maximum Gasteiger partial charge on any atom is 0.339 e. The molecule has 0 amide bonds. The van der Waals surface area contributed by atoms with Crippen LogP contribution < -0.4 is 9.47 Å². The zero-order chi connectivity index (χ0) is 15.6. The van der Waals surface area contributed by atoms with Crippen LogP contribution >= 0.6 is 15.9 Å². The van der Waals surface area contributed by atoms with E-state index in [9.17, 15) is 9.90 Å². The second-order valence-corrected chi connectivity index (χ2v) is 6.57. The van der Waals surface area contributed by atoms with Crippen molar-refractivity contribution in [2.75, 3.05) is 19.8 Å². The van der Waals surface area contributed by atoms with Crippen LogP contribution in [-0.4, -0.2) is 30.9 Å². The van der Waals surface area contributed by atoms with Gasteiger partial charge in [0.15, 0.2) is 17.6 Å². The van der Waals surface area contributed by atoms with Crippen LogP contribution in [0.4, 0.5) is 0 Å². The van der Waals surface area contributed by atoms with Crippen LogP contribution in [0.3, 0.4) is 0 Å². The van der Waals surface area contributed by atoms with Gasteiger partial charge in [0.25, 0.3) is 0 Å². The van der Waals surface area contributed by atoms with Crippen molar-refractivity contribution < 1.29 is 24.1 Å². The second kappa shape index (κ2) is 6.23. The molecule has 6 heteroatoms. The quantitative estimate of drug-likeness (QED) is 0.841. The molecule has 1 heterocycles. The third kappa shape index (κ3) is 3.68. The molecule has 0 aliphatic carbocycles. The Morgan fingerprint density at radius 3 is 2.52 bits per heavy atom. The minimum absolute atomic E-state index is 0.106. The third-order valence-corrected chi connectivity index (χ3v) is 3.79. The predicted molar refractivity (Wildman–Crippen MR) is 80.5 cm³/mol. The summed E-state index contributed by atoms with van der Waals surface area (Å²) in [6.45, 7) is 7.02. The van der Waals surface area contributed by atoms with Crippen molar-refractivity contribution in [2.24, 2.45) is 5.41 Å². The maximum atomic E-state index is 11.7. The molecule has 1 aromatic rings. The summed E-state index contributed by atoms with van der Waals surface area (Å²) >= 11 is 3.35. The highest BCUT2D eigenvalue weighted by atomic mass is 79.9. The second-order valence-electron chi connectivity index (χ2n) is 5.72. The van der Waals surface area contributed by atoms with E-state index in [0.29, 0.717) is 34.7 Å². The zero-order valence-electron chi connectivity index (χ0n) is 12.3. The van der Waals surface area contributed by atoms with Gasteiger partial charge in [0.1, 0.15) is 0 Å². The van der Waals surface area contributed by atoms with E-state index in [2.05, 4.69) is 15.9 Å². The Morgan fingerprint density at radius 2 is 1.95 bits per heavy atom. The van der Waals surface area contributed by atoms with Crippen LogP contribution in [0.1, 0.15) is 32.4 Å². The standard InChI is InChI=1S/C15H19BrO5/c1-4-19-14(18)13(17)9-5-11-12(6-10(9)16)21-8-15(2,3)7-20-11/h5-6,13,17H,4,7-8H2,1-3H3. The van der Waals surface area contributed by atoms with Crippen molar-refractivity contribution in [3.63, 3.8) is 0 Å². The normalized spacial score (nSPS) is 17.8. The summed E-state index contributed by atoms with van der Waals surface area (Å²) < 4.78 is 16.9. The van der Waals surface area contributed by atoms with E-state index in [0.717, 1.165) is 0 Å². The summed E-state index contributed by atoms with van der Waals surface area (Å²) in [5, 5.41) is 10.1. The lowest BCUT2D eigenvalue weighted by atomic mass is 9.97. The molecule has 0 fully saturated rings. The molecule has 0 saturated heterocycles. The fourth-order valence-electron chi connectivity index (χ4n) is 1.92. The van der Waals surface area contributed by atoms with E-state index in [-0.39, 0.29) is 12.0 Å². The number of esters is 1. The number of hydrogen-bond donors (Lipinski definition) is 1. The summed E-state index contributed by atoms with van der Waals surface area (Å²) in [6.07, 6.45) is -1.36. The van der Waals surface area contributed by atoms with Gasteiger partial charge in [-0.1, -0.05) is 29.8 Å². The van der Waals surface area contributed by atoms with Crippen molar-refractivity contribution >= 4 is 21.9 Å². The molecule has 116 valence electrons. The van der Waals surface area contributed by atoms with Crippen molar-refractivity contribution in [3.8, 4) is 11.5 Å². The number of hydrogen-bond acceptors (Lipinski definition) is 5. The number of fused-ring (bicyclic) bond motifs is 1. The molecule has 1 N–H and O–H groups in total. The molecular weight excluding hydrogens is 340 g/mol. The van der Waals surface area contributed by atoms with Crippen LogP contribution in [0, 0.1) is 5.41 Å². The molecule has 5 nitrogen and oxygen atoms in total. The lowest BCUT2D eigenvalue weighted by Crippen LogP contribution is -2.26. The molecule has 1 atom stereocenters. The fraction of sp³-hybridized carbons (Fsp3) is 0.533. The maximum absolute atomic E-state index is 11.7. The largest absolute Gasteiger partial charge is 0.489 e. The van der Waals surface area contributed by atoms with Gasteiger partial charge < -0.3 is 19.3 Å². The first-order chi connectivity index (χ1) is 9.84. The first-order valence-electron chi connectivity index (χ1n) is 6.78. The van der Waals surface area contributed by atoms with Crippen LogP contribution in [0.2, 0.25) is 0 Å². The highest BCUT2D eigenvalue weighted by Gasteiger charge is 2.28. The average Bonchev–Trinajstić information content (AvgIpc) is 2.57. The number of rotatable bonds is 3. The van der Waals surface area contributed by atoms with Gasteiger partial charge in [-0.2, -0.15) is 0 Å². The van der Waals surface area contributed by atoms with Crippen molar-refractivity contribution in [2.45, 2.75) is 26.9 Å². The molecule has 21 heavy (non-hydrogen) atoms. The first-order valence-corrected chi connectivity index (χ1v) is 7.57. The predicted octanol–water partition coefficient (Wildman–Crippen LogP) is 2.84. The van der Waals surface area contributed by atoms with E-state index >= 15 is 0 Å². The van der Waals surface area contributed by atoms with Gasteiger partial charge in [-0.05, 0) is 19.1 Å². The number of ether oxygens (including phenoxy) is 3. The van der Waals surface area contributed by atoms with Crippen molar-refractivity contribution in [1.29, 1.82) is 0 Å². The Kier molecular flexibility index (Phi) is 4.78. The average molecular weight is 359 g/mol. The molecule has 0 radical (unpaired) electrons. The molecule has 2 rings (SSSR count). The van der Waals surface area contributed by atoms with Gasteiger partial charge in [0, 0.05) is 15.5 Å². The molecule has 1 aliphatic heterocycles. The summed E-state index contributed by atoms with van der Waals surface area (Å²) in [4.78, 5) is 11.7. The fourth-order valence-corrected chi connectivity index (χ4v) is 2.46. The molecular formula is C15H19BrO5. The highest BCUT2D eigenvalue weighted by molar-refractivity contribution is 9.10. The van der Waals surface area contributed by atoms with E-state index in [1.165, 1.54) is 0 Å². The Labute approximate surface area is 132 Å². The van der Waals surface area contributed by atoms with E-state index < -0.39 is 12.1 Å². The number of aliphatic hydroxyl groups excluding tert-OH is 1. The van der Waals surface area contributed by atoms with Crippen LogP contribution in [0.5, 0.6) is 11.5 Å². The Morgan fingerprint density at radius 1 is 1.38 bits per heavy atom. The lowest BCUT2D eigenvalue weighted by molar-refractivity contribution is -0.153. The number of aliphatic hydroxyl groups is 1. The van der Waals surface area contributed by atoms with Gasteiger partial charge >= 0.3 is 5.97 Å². The van der Waals surface area contributed by atoms with Crippen molar-refractivity contribution in [3.05, 3.63) is 22.2 Å². The first kappa shape index (κ1) is 16.1. The summed E-state index contributed by atoms with van der Waals surface area (Å²) in [6, 6.07) is 3.32. The molecule has 0 bridgehead atoms. The number of halogens is 1. The number of benzene rings is 1. The minimum Gasteiger partial charge on any atom is -0.489 e. The monoisotopic (exact) mass is 358 g/mol. The van der Waals surface area contributed by atoms with Crippen molar-refractivity contribution in [1.82, 2.24) is 0 Å². The molecule has 0 spiro atoms. The summed E-state index contributed by atoms with van der Waals surface area (Å²) in [5.41, 5.74) is 0.293.